The standard InChI is InChI=1S/C17H20N2O/c1-17(2,19-15-11-7-4-8-12-15)13-18-16(20)14-9-5-3-6-10-14/h3-12,19H,13H2,1-2H3,(H,18,20). The Kier molecular flexibility index (Phi) is 4.41. The van der Waals surface area contributed by atoms with Crippen LogP contribution in [-0.4, -0.2) is 18.0 Å². The van der Waals surface area contributed by atoms with Crippen LogP contribution in [0.5, 0.6) is 0 Å². The van der Waals surface area contributed by atoms with Crippen LogP contribution in [0, 0.1) is 0 Å². The Labute approximate surface area is 120 Å². The maximum absolute atomic E-state index is 12.0. The first-order valence-electron chi connectivity index (χ1n) is 6.73. The minimum absolute atomic E-state index is 0.0477. The summed E-state index contributed by atoms with van der Waals surface area (Å²) in [5.41, 5.74) is 1.51. The van der Waals surface area contributed by atoms with Crippen LogP contribution >= 0.6 is 0 Å². The van der Waals surface area contributed by atoms with E-state index in [0.717, 1.165) is 5.69 Å². The third-order valence-electron chi connectivity index (χ3n) is 2.98. The van der Waals surface area contributed by atoms with Gasteiger partial charge in [0.2, 0.25) is 0 Å². The molecule has 0 fully saturated rings. The minimum atomic E-state index is -0.216. The molecule has 3 nitrogen and oxygen atoms in total. The van der Waals surface area contributed by atoms with E-state index >= 15 is 0 Å². The average molecular weight is 268 g/mol. The lowest BCUT2D eigenvalue weighted by Crippen LogP contribution is -2.44. The number of hydrogen-bond acceptors (Lipinski definition) is 2. The van der Waals surface area contributed by atoms with Crippen LogP contribution < -0.4 is 10.6 Å². The number of nitrogens with one attached hydrogen (secondary N) is 2. The predicted octanol–water partition coefficient (Wildman–Crippen LogP) is 3.31. The highest BCUT2D eigenvalue weighted by Crippen LogP contribution is 2.13. The van der Waals surface area contributed by atoms with E-state index in [2.05, 4.69) is 24.5 Å². The Bertz CT molecular complexity index is 550. The van der Waals surface area contributed by atoms with Crippen molar-refractivity contribution in [1.82, 2.24) is 5.32 Å². The van der Waals surface area contributed by atoms with Crippen LogP contribution in [0.2, 0.25) is 0 Å². The molecule has 0 aliphatic heterocycles. The molecule has 104 valence electrons. The van der Waals surface area contributed by atoms with E-state index in [1.807, 2.05) is 60.7 Å². The highest BCUT2D eigenvalue weighted by Gasteiger charge is 2.18. The lowest BCUT2D eigenvalue weighted by Gasteiger charge is -2.28. The second kappa shape index (κ2) is 6.24. The zero-order valence-electron chi connectivity index (χ0n) is 11.9. The summed E-state index contributed by atoms with van der Waals surface area (Å²) in [7, 11) is 0. The van der Waals surface area contributed by atoms with Crippen molar-refractivity contribution < 1.29 is 4.79 Å². The summed E-state index contributed by atoms with van der Waals surface area (Å²) in [5.74, 6) is -0.0477. The maximum atomic E-state index is 12.0. The Morgan fingerprint density at radius 3 is 2.10 bits per heavy atom. The number of para-hydroxylation sites is 1. The van der Waals surface area contributed by atoms with Crippen molar-refractivity contribution in [2.45, 2.75) is 19.4 Å². The minimum Gasteiger partial charge on any atom is -0.378 e. The summed E-state index contributed by atoms with van der Waals surface area (Å²) in [6.45, 7) is 4.67. The van der Waals surface area contributed by atoms with Gasteiger partial charge in [-0.05, 0) is 38.1 Å². The van der Waals surface area contributed by atoms with Crippen LogP contribution in [0.3, 0.4) is 0 Å². The van der Waals surface area contributed by atoms with Gasteiger partial charge in [-0.25, -0.2) is 0 Å². The number of rotatable bonds is 5. The smallest absolute Gasteiger partial charge is 0.251 e. The van der Waals surface area contributed by atoms with E-state index in [1.54, 1.807) is 0 Å². The van der Waals surface area contributed by atoms with Crippen LogP contribution in [0.25, 0.3) is 0 Å². The summed E-state index contributed by atoms with van der Waals surface area (Å²) in [5, 5.41) is 6.37. The molecular weight excluding hydrogens is 248 g/mol. The fraction of sp³-hybridized carbons (Fsp3) is 0.235. The summed E-state index contributed by atoms with van der Waals surface area (Å²) >= 11 is 0. The molecule has 1 amide bonds. The van der Waals surface area contributed by atoms with Crippen molar-refractivity contribution in [2.75, 3.05) is 11.9 Å². The van der Waals surface area contributed by atoms with E-state index in [0.29, 0.717) is 12.1 Å². The molecule has 0 spiro atoms. The first kappa shape index (κ1) is 14.1. The lowest BCUT2D eigenvalue weighted by molar-refractivity contribution is 0.0947. The number of carbonyl (C=O) groups excluding carboxylic acids is 1. The molecule has 2 aromatic carbocycles. The molecule has 2 N–H and O–H groups in total. The van der Waals surface area contributed by atoms with Crippen LogP contribution in [0.4, 0.5) is 5.69 Å². The van der Waals surface area contributed by atoms with Gasteiger partial charge < -0.3 is 10.6 Å². The van der Waals surface area contributed by atoms with Crippen molar-refractivity contribution >= 4 is 11.6 Å². The lowest BCUT2D eigenvalue weighted by atomic mass is 10.0. The highest BCUT2D eigenvalue weighted by molar-refractivity contribution is 5.94. The van der Waals surface area contributed by atoms with Crippen molar-refractivity contribution in [3.05, 3.63) is 66.2 Å². The van der Waals surface area contributed by atoms with Crippen LogP contribution in [0.15, 0.2) is 60.7 Å². The van der Waals surface area contributed by atoms with Gasteiger partial charge >= 0.3 is 0 Å². The summed E-state index contributed by atoms with van der Waals surface area (Å²) in [6.07, 6.45) is 0. The molecule has 2 aromatic rings. The highest BCUT2D eigenvalue weighted by atomic mass is 16.1. The monoisotopic (exact) mass is 268 g/mol. The average Bonchev–Trinajstić information content (AvgIpc) is 2.46. The molecule has 0 unspecified atom stereocenters. The van der Waals surface area contributed by atoms with Crippen molar-refractivity contribution in [3.8, 4) is 0 Å². The van der Waals surface area contributed by atoms with Crippen molar-refractivity contribution in [1.29, 1.82) is 0 Å². The van der Waals surface area contributed by atoms with Gasteiger partial charge in [0.05, 0.1) is 0 Å². The zero-order valence-corrected chi connectivity index (χ0v) is 11.9. The van der Waals surface area contributed by atoms with Gasteiger partial charge in [0, 0.05) is 23.3 Å². The molecule has 0 atom stereocenters. The molecule has 20 heavy (non-hydrogen) atoms. The SMILES string of the molecule is CC(C)(CNC(=O)c1ccccc1)Nc1ccccc1. The molecule has 0 heterocycles. The van der Waals surface area contributed by atoms with Gasteiger partial charge in [-0.3, -0.25) is 4.79 Å². The molecule has 3 heteroatoms. The third-order valence-corrected chi connectivity index (χ3v) is 2.98. The van der Waals surface area contributed by atoms with Crippen molar-refractivity contribution in [3.63, 3.8) is 0 Å². The third kappa shape index (κ3) is 4.12. The van der Waals surface area contributed by atoms with Crippen LogP contribution in [-0.2, 0) is 0 Å². The van der Waals surface area contributed by atoms with Gasteiger partial charge in [-0.1, -0.05) is 36.4 Å². The van der Waals surface area contributed by atoms with Gasteiger partial charge in [-0.2, -0.15) is 0 Å². The summed E-state index contributed by atoms with van der Waals surface area (Å²) in [6, 6.07) is 19.2. The Hall–Kier alpha value is -2.29. The largest absolute Gasteiger partial charge is 0.378 e. The fourth-order valence-corrected chi connectivity index (χ4v) is 1.95. The Morgan fingerprint density at radius 2 is 1.50 bits per heavy atom. The van der Waals surface area contributed by atoms with Gasteiger partial charge in [-0.15, -0.1) is 0 Å². The van der Waals surface area contributed by atoms with Crippen LogP contribution in [0.1, 0.15) is 24.2 Å². The first-order valence-corrected chi connectivity index (χ1v) is 6.73. The summed E-state index contributed by atoms with van der Waals surface area (Å²) < 4.78 is 0. The number of carbonyl (C=O) groups is 1. The number of anilines is 1. The second-order valence-corrected chi connectivity index (χ2v) is 5.42. The van der Waals surface area contributed by atoms with Gasteiger partial charge in [0.15, 0.2) is 0 Å². The van der Waals surface area contributed by atoms with E-state index in [9.17, 15) is 4.79 Å². The maximum Gasteiger partial charge on any atom is 0.251 e. The normalized spacial score (nSPS) is 10.9. The number of amides is 1. The molecular formula is C17H20N2O. The zero-order chi connectivity index (χ0) is 14.4. The van der Waals surface area contributed by atoms with E-state index in [1.165, 1.54) is 0 Å². The Balaban J connectivity index is 1.91. The van der Waals surface area contributed by atoms with E-state index in [4.69, 9.17) is 0 Å². The van der Waals surface area contributed by atoms with E-state index < -0.39 is 0 Å². The molecule has 0 saturated carbocycles. The fourth-order valence-electron chi connectivity index (χ4n) is 1.95. The molecule has 0 aliphatic rings. The molecule has 0 aromatic heterocycles. The number of benzene rings is 2. The van der Waals surface area contributed by atoms with Gasteiger partial charge in [0.1, 0.15) is 0 Å². The summed E-state index contributed by atoms with van der Waals surface area (Å²) in [4.78, 5) is 12.0. The molecule has 0 radical (unpaired) electrons. The molecule has 0 saturated heterocycles. The molecule has 0 bridgehead atoms. The molecule has 0 aliphatic carbocycles. The predicted molar refractivity (Wildman–Crippen MR) is 82.9 cm³/mol. The quantitative estimate of drug-likeness (QED) is 0.873. The van der Waals surface area contributed by atoms with E-state index in [-0.39, 0.29) is 11.4 Å². The topological polar surface area (TPSA) is 41.1 Å². The second-order valence-electron chi connectivity index (χ2n) is 5.42. The Morgan fingerprint density at radius 1 is 0.950 bits per heavy atom. The first-order chi connectivity index (χ1) is 9.57. The van der Waals surface area contributed by atoms with Crippen molar-refractivity contribution in [2.24, 2.45) is 0 Å². The number of hydrogen-bond donors (Lipinski definition) is 2. The van der Waals surface area contributed by atoms with Gasteiger partial charge in [0.25, 0.3) is 5.91 Å². The molecule has 2 rings (SSSR count).